The van der Waals surface area contributed by atoms with Crippen molar-refractivity contribution in [1.82, 2.24) is 9.47 Å². The number of carbonyl (C=O) groups is 1. The topological polar surface area (TPSA) is 45.5 Å². The quantitative estimate of drug-likeness (QED) is 0.776. The average molecular weight is 229 g/mol. The Labute approximate surface area is 93.1 Å². The molecular formula is C10H13ClN2O2. The Morgan fingerprint density at radius 2 is 2.40 bits per heavy atom. The molecular weight excluding hydrogens is 216 g/mol. The number of hydrogen-bond donors (Lipinski definition) is 1. The summed E-state index contributed by atoms with van der Waals surface area (Å²) in [6.07, 6.45) is 1.97. The van der Waals surface area contributed by atoms with Gasteiger partial charge in [0.05, 0.1) is 11.1 Å². The lowest BCUT2D eigenvalue weighted by atomic mass is 10.3. The van der Waals surface area contributed by atoms with Crippen LogP contribution < -0.4 is 0 Å². The molecule has 0 radical (unpaired) electrons. The summed E-state index contributed by atoms with van der Waals surface area (Å²) < 4.78 is 1.70. The van der Waals surface area contributed by atoms with Gasteiger partial charge in [-0.1, -0.05) is 11.6 Å². The van der Waals surface area contributed by atoms with Gasteiger partial charge in [0.1, 0.15) is 5.69 Å². The van der Waals surface area contributed by atoms with E-state index in [-0.39, 0.29) is 12.0 Å². The summed E-state index contributed by atoms with van der Waals surface area (Å²) in [7, 11) is 1.78. The number of halogens is 1. The van der Waals surface area contributed by atoms with Crippen LogP contribution in [0.5, 0.6) is 0 Å². The predicted octanol–water partition coefficient (Wildman–Crippen LogP) is 0.885. The third-order valence-electron chi connectivity index (χ3n) is 2.64. The Morgan fingerprint density at radius 3 is 2.87 bits per heavy atom. The second-order valence-corrected chi connectivity index (χ2v) is 4.28. The molecule has 5 heteroatoms. The molecule has 0 aliphatic carbocycles. The van der Waals surface area contributed by atoms with Crippen molar-refractivity contribution in [3.05, 3.63) is 23.0 Å². The summed E-state index contributed by atoms with van der Waals surface area (Å²) >= 11 is 5.80. The van der Waals surface area contributed by atoms with E-state index in [0.717, 1.165) is 0 Å². The van der Waals surface area contributed by atoms with Crippen LogP contribution in [-0.4, -0.2) is 39.7 Å². The maximum absolute atomic E-state index is 12.0. The Morgan fingerprint density at radius 1 is 1.67 bits per heavy atom. The molecule has 1 saturated heterocycles. The molecule has 1 N–H and O–H groups in total. The maximum Gasteiger partial charge on any atom is 0.270 e. The zero-order valence-electron chi connectivity index (χ0n) is 8.48. The fraction of sp³-hybridized carbons (Fsp3) is 0.500. The Hall–Kier alpha value is -1.00. The molecule has 0 unspecified atom stereocenters. The summed E-state index contributed by atoms with van der Waals surface area (Å²) in [6.45, 7) is 1.03. The highest BCUT2D eigenvalue weighted by atomic mass is 35.5. The summed E-state index contributed by atoms with van der Waals surface area (Å²) in [6, 6.07) is 1.65. The Balaban J connectivity index is 2.17. The molecule has 15 heavy (non-hydrogen) atoms. The number of rotatable bonds is 1. The van der Waals surface area contributed by atoms with Crippen LogP contribution in [-0.2, 0) is 7.05 Å². The smallest absolute Gasteiger partial charge is 0.270 e. The minimum atomic E-state index is -0.385. The van der Waals surface area contributed by atoms with Gasteiger partial charge in [0.15, 0.2) is 0 Å². The summed E-state index contributed by atoms with van der Waals surface area (Å²) in [5.74, 6) is -0.0686. The molecule has 0 saturated carbocycles. The molecule has 2 heterocycles. The maximum atomic E-state index is 12.0. The van der Waals surface area contributed by atoms with E-state index in [2.05, 4.69) is 0 Å². The highest BCUT2D eigenvalue weighted by molar-refractivity contribution is 6.31. The van der Waals surface area contributed by atoms with Crippen LogP contribution >= 0.6 is 11.6 Å². The van der Waals surface area contributed by atoms with Crippen molar-refractivity contribution < 1.29 is 9.90 Å². The normalized spacial score (nSPS) is 21.0. The number of likely N-dealkylation sites (tertiary alicyclic amines) is 1. The predicted molar refractivity (Wildman–Crippen MR) is 57.0 cm³/mol. The Kier molecular flexibility index (Phi) is 2.71. The van der Waals surface area contributed by atoms with E-state index in [9.17, 15) is 9.90 Å². The number of amides is 1. The summed E-state index contributed by atoms with van der Waals surface area (Å²) in [5.41, 5.74) is 0.564. The van der Waals surface area contributed by atoms with Gasteiger partial charge < -0.3 is 14.6 Å². The van der Waals surface area contributed by atoms with Gasteiger partial charge in [-0.25, -0.2) is 0 Å². The number of aryl methyl sites for hydroxylation is 1. The molecule has 1 fully saturated rings. The highest BCUT2D eigenvalue weighted by Gasteiger charge is 2.26. The lowest BCUT2D eigenvalue weighted by molar-refractivity contribution is 0.0755. The standard InChI is InChI=1S/C10H13ClN2O2/c1-12-5-7(11)4-9(12)10(15)13-3-2-8(14)6-13/h4-5,8,14H,2-3,6H2,1H3/t8-/m1/s1. The largest absolute Gasteiger partial charge is 0.391 e. The number of aromatic nitrogens is 1. The van der Waals surface area contributed by atoms with Crippen molar-refractivity contribution in [1.29, 1.82) is 0 Å². The van der Waals surface area contributed by atoms with Gasteiger partial charge in [0.2, 0.25) is 0 Å². The molecule has 1 aromatic heterocycles. The van der Waals surface area contributed by atoms with Crippen molar-refractivity contribution >= 4 is 17.5 Å². The van der Waals surface area contributed by atoms with Crippen molar-refractivity contribution in [2.75, 3.05) is 13.1 Å². The SMILES string of the molecule is Cn1cc(Cl)cc1C(=O)N1CC[C@@H](O)C1. The first kappa shape index (κ1) is 10.5. The fourth-order valence-corrected chi connectivity index (χ4v) is 2.07. The lowest BCUT2D eigenvalue weighted by Crippen LogP contribution is -2.30. The zero-order chi connectivity index (χ0) is 11.0. The van der Waals surface area contributed by atoms with Crippen LogP contribution in [0.4, 0.5) is 0 Å². The van der Waals surface area contributed by atoms with Crippen LogP contribution in [0.15, 0.2) is 12.3 Å². The molecule has 1 atom stereocenters. The minimum Gasteiger partial charge on any atom is -0.391 e. The van der Waals surface area contributed by atoms with Gasteiger partial charge in [0, 0.05) is 26.3 Å². The van der Waals surface area contributed by atoms with Crippen LogP contribution in [0.1, 0.15) is 16.9 Å². The minimum absolute atomic E-state index is 0.0686. The molecule has 1 aliphatic heterocycles. The molecule has 1 aliphatic rings. The van der Waals surface area contributed by atoms with Crippen molar-refractivity contribution in [3.63, 3.8) is 0 Å². The number of aliphatic hydroxyl groups excluding tert-OH is 1. The average Bonchev–Trinajstić information content (AvgIpc) is 2.71. The number of carbonyl (C=O) groups excluding carboxylic acids is 1. The van der Waals surface area contributed by atoms with E-state index in [1.54, 1.807) is 28.8 Å². The first-order valence-corrected chi connectivity index (χ1v) is 5.25. The van der Waals surface area contributed by atoms with Crippen LogP contribution in [0.25, 0.3) is 0 Å². The Bertz CT molecular complexity index is 389. The molecule has 0 aromatic carbocycles. The second-order valence-electron chi connectivity index (χ2n) is 3.85. The molecule has 82 valence electrons. The highest BCUT2D eigenvalue weighted by Crippen LogP contribution is 2.17. The monoisotopic (exact) mass is 228 g/mol. The number of β-amino-alcohol motifs (C(OH)–C–C–N with tert-alkyl or cyclic N) is 1. The third-order valence-corrected chi connectivity index (χ3v) is 2.85. The van der Waals surface area contributed by atoms with Gasteiger partial charge >= 0.3 is 0 Å². The first-order valence-electron chi connectivity index (χ1n) is 4.87. The molecule has 4 nitrogen and oxygen atoms in total. The first-order chi connectivity index (χ1) is 7.08. The summed E-state index contributed by atoms with van der Waals surface area (Å²) in [4.78, 5) is 13.6. The van der Waals surface area contributed by atoms with Gasteiger partial charge in [-0.15, -0.1) is 0 Å². The molecule has 1 amide bonds. The van der Waals surface area contributed by atoms with E-state index in [0.29, 0.717) is 30.2 Å². The number of aliphatic hydroxyl groups is 1. The van der Waals surface area contributed by atoms with E-state index in [4.69, 9.17) is 11.6 Å². The van der Waals surface area contributed by atoms with Crippen molar-refractivity contribution in [2.24, 2.45) is 7.05 Å². The van der Waals surface area contributed by atoms with E-state index >= 15 is 0 Å². The molecule has 2 rings (SSSR count). The molecule has 1 aromatic rings. The van der Waals surface area contributed by atoms with Gasteiger partial charge in [-0.05, 0) is 12.5 Å². The van der Waals surface area contributed by atoms with Crippen molar-refractivity contribution in [2.45, 2.75) is 12.5 Å². The second kappa shape index (κ2) is 3.87. The van der Waals surface area contributed by atoms with E-state index in [1.165, 1.54) is 0 Å². The van der Waals surface area contributed by atoms with Gasteiger partial charge in [0.25, 0.3) is 5.91 Å². The van der Waals surface area contributed by atoms with Gasteiger partial charge in [-0.3, -0.25) is 4.79 Å². The van der Waals surface area contributed by atoms with Crippen LogP contribution in [0.3, 0.4) is 0 Å². The van der Waals surface area contributed by atoms with Crippen molar-refractivity contribution in [3.8, 4) is 0 Å². The molecule has 0 spiro atoms. The van der Waals surface area contributed by atoms with E-state index < -0.39 is 0 Å². The van der Waals surface area contributed by atoms with Crippen LogP contribution in [0, 0.1) is 0 Å². The lowest BCUT2D eigenvalue weighted by Gasteiger charge is -2.15. The molecule has 0 bridgehead atoms. The zero-order valence-corrected chi connectivity index (χ0v) is 9.24. The van der Waals surface area contributed by atoms with Crippen LogP contribution in [0.2, 0.25) is 5.02 Å². The van der Waals surface area contributed by atoms with E-state index in [1.807, 2.05) is 0 Å². The fourth-order valence-electron chi connectivity index (χ4n) is 1.83. The number of hydrogen-bond acceptors (Lipinski definition) is 2. The number of nitrogens with zero attached hydrogens (tertiary/aromatic N) is 2. The summed E-state index contributed by atoms with van der Waals surface area (Å²) in [5, 5.41) is 9.90. The third kappa shape index (κ3) is 2.01. The van der Waals surface area contributed by atoms with Gasteiger partial charge in [-0.2, -0.15) is 0 Å².